The summed E-state index contributed by atoms with van der Waals surface area (Å²) >= 11 is 14.5. The summed E-state index contributed by atoms with van der Waals surface area (Å²) in [7, 11) is -8.49. The van der Waals surface area contributed by atoms with Gasteiger partial charge in [0.05, 0.1) is 10.7 Å². The fourth-order valence-electron chi connectivity index (χ4n) is 1.86. The quantitative estimate of drug-likeness (QED) is 0.675. The average Bonchev–Trinajstić information content (AvgIpc) is 2.44. The molecule has 0 unspecified atom stereocenters. The lowest BCUT2D eigenvalue weighted by Crippen LogP contribution is -2.15. The van der Waals surface area contributed by atoms with E-state index in [2.05, 4.69) is 15.9 Å². The predicted octanol–water partition coefficient (Wildman–Crippen LogP) is 3.80. The van der Waals surface area contributed by atoms with Gasteiger partial charge in [0.2, 0.25) is 0 Å². The number of benzene rings is 2. The van der Waals surface area contributed by atoms with Crippen molar-refractivity contribution in [1.82, 2.24) is 0 Å². The number of nitrogens with one attached hydrogen (secondary N) is 1. The van der Waals surface area contributed by atoms with E-state index < -0.39 is 46.9 Å². The van der Waals surface area contributed by atoms with E-state index in [4.69, 9.17) is 23.2 Å². The molecule has 0 saturated carbocycles. The smallest absolute Gasteiger partial charge is 0.265 e. The van der Waals surface area contributed by atoms with Crippen LogP contribution < -0.4 is 4.72 Å². The Hall–Kier alpha value is -1.07. The third-order valence-corrected chi connectivity index (χ3v) is 6.37. The first-order valence-electron chi connectivity index (χ1n) is 6.23. The first kappa shape index (κ1) is 20.2. The summed E-state index contributed by atoms with van der Waals surface area (Å²) in [6.45, 7) is 0. The molecule has 0 bridgehead atoms. The molecule has 0 atom stereocenters. The number of hydrogen-bond donors (Lipinski definition) is 2. The zero-order valence-electron chi connectivity index (χ0n) is 12.2. The van der Waals surface area contributed by atoms with Crippen LogP contribution in [0.3, 0.4) is 0 Å². The maximum atomic E-state index is 14.4. The van der Waals surface area contributed by atoms with E-state index in [1.54, 1.807) is 0 Å². The average molecular weight is 493 g/mol. The molecule has 0 aliphatic rings. The van der Waals surface area contributed by atoms with Crippen molar-refractivity contribution in [3.05, 3.63) is 44.6 Å². The molecule has 2 rings (SSSR count). The molecule has 0 saturated heterocycles. The highest BCUT2D eigenvalue weighted by molar-refractivity contribution is 9.10. The number of sulfonamides is 1. The van der Waals surface area contributed by atoms with Gasteiger partial charge in [-0.3, -0.25) is 4.72 Å². The molecule has 0 aromatic heterocycles. The van der Waals surface area contributed by atoms with E-state index in [1.165, 1.54) is 6.07 Å². The monoisotopic (exact) mass is 491 g/mol. The topological polar surface area (TPSA) is 101 Å². The van der Waals surface area contributed by atoms with Gasteiger partial charge in [-0.05, 0) is 24.3 Å². The van der Waals surface area contributed by atoms with Crippen molar-refractivity contribution in [2.45, 2.75) is 9.79 Å². The molecular weight excluding hydrogens is 484 g/mol. The van der Waals surface area contributed by atoms with Gasteiger partial charge in [-0.2, -0.15) is 0 Å². The lowest BCUT2D eigenvalue weighted by atomic mass is 10.3. The fraction of sp³-hybridized carbons (Fsp3) is 0.0769. The Morgan fingerprint density at radius 1 is 1.08 bits per heavy atom. The van der Waals surface area contributed by atoms with Crippen LogP contribution in [0, 0.1) is 5.82 Å². The maximum absolute atomic E-state index is 14.4. The van der Waals surface area contributed by atoms with Crippen LogP contribution in [-0.2, 0) is 19.9 Å². The van der Waals surface area contributed by atoms with Gasteiger partial charge in [-0.25, -0.2) is 21.2 Å². The highest BCUT2D eigenvalue weighted by Crippen LogP contribution is 2.36. The van der Waals surface area contributed by atoms with Crippen molar-refractivity contribution in [1.29, 1.82) is 0 Å². The number of hydrogen-bond acceptors (Lipinski definition) is 5. The molecule has 6 nitrogen and oxygen atoms in total. The van der Waals surface area contributed by atoms with Crippen LogP contribution in [0.25, 0.3) is 0 Å². The van der Waals surface area contributed by atoms with Gasteiger partial charge in [-0.1, -0.05) is 39.1 Å². The Balaban J connectivity index is 2.62. The summed E-state index contributed by atoms with van der Waals surface area (Å²) in [5.74, 6) is -2.07. The van der Waals surface area contributed by atoms with E-state index in [9.17, 15) is 26.3 Å². The van der Waals surface area contributed by atoms with E-state index >= 15 is 0 Å². The third-order valence-electron chi connectivity index (χ3n) is 2.93. The Labute approximate surface area is 161 Å². The van der Waals surface area contributed by atoms with Crippen molar-refractivity contribution in [3.8, 4) is 5.75 Å². The van der Waals surface area contributed by atoms with Crippen LogP contribution in [0.15, 0.2) is 38.5 Å². The number of halogens is 4. The predicted molar refractivity (Wildman–Crippen MR) is 96.1 cm³/mol. The van der Waals surface area contributed by atoms with Crippen LogP contribution in [-0.4, -0.2) is 28.2 Å². The van der Waals surface area contributed by atoms with Crippen molar-refractivity contribution >= 4 is 64.7 Å². The summed E-state index contributed by atoms with van der Waals surface area (Å²) in [4.78, 5) is -1.40. The van der Waals surface area contributed by atoms with Gasteiger partial charge in [0.25, 0.3) is 10.0 Å². The summed E-state index contributed by atoms with van der Waals surface area (Å²) in [6.07, 6.45) is 0.750. The highest BCUT2D eigenvalue weighted by atomic mass is 79.9. The molecule has 0 spiro atoms. The number of phenols is 1. The molecule has 12 heteroatoms. The highest BCUT2D eigenvalue weighted by Gasteiger charge is 2.25. The largest absolute Gasteiger partial charge is 0.505 e. The Bertz CT molecular complexity index is 1070. The van der Waals surface area contributed by atoms with Crippen molar-refractivity contribution in [3.63, 3.8) is 0 Å². The van der Waals surface area contributed by atoms with Crippen LogP contribution in [0.4, 0.5) is 10.1 Å². The Kier molecular flexibility index (Phi) is 5.60. The van der Waals surface area contributed by atoms with Gasteiger partial charge in [0.15, 0.2) is 21.4 Å². The molecule has 0 aliphatic heterocycles. The summed E-state index contributed by atoms with van der Waals surface area (Å²) in [5.41, 5.74) is -0.691. The molecule has 0 amide bonds. The van der Waals surface area contributed by atoms with Gasteiger partial charge < -0.3 is 5.11 Å². The van der Waals surface area contributed by atoms with Gasteiger partial charge >= 0.3 is 0 Å². The normalized spacial score (nSPS) is 12.2. The number of sulfone groups is 1. The van der Waals surface area contributed by atoms with Crippen molar-refractivity contribution in [2.75, 3.05) is 11.0 Å². The van der Waals surface area contributed by atoms with E-state index in [-0.39, 0.29) is 14.5 Å². The van der Waals surface area contributed by atoms with Gasteiger partial charge in [-0.15, -0.1) is 0 Å². The minimum absolute atomic E-state index is 0.198. The SMILES string of the molecule is CS(=O)(=O)c1cc(Cl)cc(NS(=O)(=O)c2cc(Br)cc(Cl)c2O)c1F. The molecule has 0 aliphatic carbocycles. The molecule has 0 radical (unpaired) electrons. The number of phenolic OH excluding ortho intramolecular Hbond substituents is 1. The molecule has 0 fully saturated rings. The Morgan fingerprint density at radius 2 is 1.68 bits per heavy atom. The standard InChI is InChI=1S/C13H9BrCl2FNO5S2/c1-24(20,21)10-5-7(15)4-9(12(10)17)18-25(22,23)11-3-6(14)2-8(16)13(11)19/h2-5,18-19H,1H3. The van der Waals surface area contributed by atoms with Crippen LogP contribution in [0.2, 0.25) is 10.0 Å². The second-order valence-corrected chi connectivity index (χ2v) is 10.3. The molecule has 136 valence electrons. The first-order chi connectivity index (χ1) is 11.3. The third kappa shape index (κ3) is 4.37. The van der Waals surface area contributed by atoms with E-state index in [0.717, 1.165) is 24.5 Å². The summed E-state index contributed by atoms with van der Waals surface area (Å²) in [5, 5.41) is 9.41. The molecule has 2 aromatic carbocycles. The van der Waals surface area contributed by atoms with E-state index in [1.807, 2.05) is 4.72 Å². The van der Waals surface area contributed by atoms with Gasteiger partial charge in [0.1, 0.15) is 9.79 Å². The number of aromatic hydroxyl groups is 1. The van der Waals surface area contributed by atoms with E-state index in [0.29, 0.717) is 0 Å². The zero-order valence-corrected chi connectivity index (χ0v) is 16.9. The van der Waals surface area contributed by atoms with Crippen molar-refractivity contribution < 1.29 is 26.3 Å². The van der Waals surface area contributed by atoms with Crippen molar-refractivity contribution in [2.24, 2.45) is 0 Å². The minimum Gasteiger partial charge on any atom is -0.505 e. The second kappa shape index (κ2) is 6.92. The summed E-state index contributed by atoms with van der Waals surface area (Å²) < 4.78 is 64.6. The lowest BCUT2D eigenvalue weighted by Gasteiger charge is -2.13. The number of rotatable bonds is 4. The zero-order chi connectivity index (χ0) is 19.2. The maximum Gasteiger partial charge on any atom is 0.265 e. The van der Waals surface area contributed by atoms with Crippen LogP contribution in [0.1, 0.15) is 0 Å². The molecular formula is C13H9BrCl2FNO5S2. The lowest BCUT2D eigenvalue weighted by molar-refractivity contribution is 0.459. The summed E-state index contributed by atoms with van der Waals surface area (Å²) in [6, 6.07) is 4.07. The molecule has 2 aromatic rings. The van der Waals surface area contributed by atoms with Gasteiger partial charge in [0, 0.05) is 15.8 Å². The number of anilines is 1. The Morgan fingerprint density at radius 3 is 2.24 bits per heavy atom. The van der Waals surface area contributed by atoms with Crippen LogP contribution >= 0.6 is 39.1 Å². The molecule has 0 heterocycles. The van der Waals surface area contributed by atoms with Crippen LogP contribution in [0.5, 0.6) is 5.75 Å². The fourth-order valence-corrected chi connectivity index (χ4v) is 5.13. The first-order valence-corrected chi connectivity index (χ1v) is 11.1. The minimum atomic E-state index is -4.50. The molecule has 2 N–H and O–H groups in total. The second-order valence-electron chi connectivity index (χ2n) is 4.88. The molecule has 25 heavy (non-hydrogen) atoms.